The van der Waals surface area contributed by atoms with Crippen LogP contribution in [-0.2, 0) is 20.8 Å². The lowest BCUT2D eigenvalue weighted by Crippen LogP contribution is -2.56. The van der Waals surface area contributed by atoms with Gasteiger partial charge in [0.25, 0.3) is 5.91 Å². The summed E-state index contributed by atoms with van der Waals surface area (Å²) in [7, 11) is 0. The Morgan fingerprint density at radius 2 is 1.79 bits per heavy atom. The Kier molecular flexibility index (Phi) is 10.1. The van der Waals surface area contributed by atoms with Crippen LogP contribution in [0.1, 0.15) is 56.2 Å². The summed E-state index contributed by atoms with van der Waals surface area (Å²) in [6.45, 7) is 5.98. The molecule has 4 N–H and O–H groups in total. The molecule has 0 aliphatic carbocycles. The van der Waals surface area contributed by atoms with Crippen LogP contribution in [0.5, 0.6) is 0 Å². The summed E-state index contributed by atoms with van der Waals surface area (Å²) >= 11 is 0. The van der Waals surface area contributed by atoms with Crippen LogP contribution in [0.2, 0.25) is 0 Å². The summed E-state index contributed by atoms with van der Waals surface area (Å²) in [6.07, 6.45) is 1.84. The molecular formula is C29H37FN4O4. The summed E-state index contributed by atoms with van der Waals surface area (Å²) in [5.74, 6) is -1.49. The fourth-order valence-corrected chi connectivity index (χ4v) is 4.47. The Balaban J connectivity index is 1.75. The Bertz CT molecular complexity index is 1160. The number of aliphatic hydroxyl groups excluding tert-OH is 1. The van der Waals surface area contributed by atoms with Gasteiger partial charge in [-0.3, -0.25) is 19.4 Å². The van der Waals surface area contributed by atoms with Gasteiger partial charge in [-0.2, -0.15) is 0 Å². The number of aliphatic hydroxyl groups is 1. The van der Waals surface area contributed by atoms with Crippen LogP contribution in [0.25, 0.3) is 0 Å². The smallest absolute Gasteiger partial charge is 0.270 e. The van der Waals surface area contributed by atoms with E-state index in [0.717, 1.165) is 17.5 Å². The van der Waals surface area contributed by atoms with E-state index in [2.05, 4.69) is 20.9 Å². The zero-order valence-electron chi connectivity index (χ0n) is 22.2. The molecule has 3 amide bonds. The number of benzene rings is 2. The lowest BCUT2D eigenvalue weighted by Gasteiger charge is -2.30. The number of nitrogens with one attached hydrogen (secondary N) is 3. The molecule has 0 spiro atoms. The molecule has 38 heavy (non-hydrogen) atoms. The second-order valence-corrected chi connectivity index (χ2v) is 10.6. The van der Waals surface area contributed by atoms with Crippen molar-refractivity contribution in [3.63, 3.8) is 0 Å². The topological polar surface area (TPSA) is 120 Å². The SMILES string of the molecule is CC(C)(C)[C@H](NC(=O)C1=NCCC(Cc2ccc(F)cc2)c2ccccc21)C(=O)NCC(=O)NCCCO. The van der Waals surface area contributed by atoms with Gasteiger partial charge in [0, 0.05) is 25.3 Å². The van der Waals surface area contributed by atoms with E-state index < -0.39 is 23.3 Å². The minimum atomic E-state index is -0.909. The summed E-state index contributed by atoms with van der Waals surface area (Å²) in [5.41, 5.74) is 2.34. The highest BCUT2D eigenvalue weighted by atomic mass is 19.1. The van der Waals surface area contributed by atoms with Crippen molar-refractivity contribution >= 4 is 23.4 Å². The van der Waals surface area contributed by atoms with Gasteiger partial charge in [0.05, 0.1) is 6.54 Å². The lowest BCUT2D eigenvalue weighted by atomic mass is 9.85. The first kappa shape index (κ1) is 29.0. The van der Waals surface area contributed by atoms with Crippen LogP contribution in [0.4, 0.5) is 4.39 Å². The number of hydrogen-bond donors (Lipinski definition) is 4. The van der Waals surface area contributed by atoms with Gasteiger partial charge >= 0.3 is 0 Å². The average molecular weight is 525 g/mol. The summed E-state index contributed by atoms with van der Waals surface area (Å²) in [4.78, 5) is 43.1. The van der Waals surface area contributed by atoms with Crippen LogP contribution in [0, 0.1) is 11.2 Å². The summed E-state index contributed by atoms with van der Waals surface area (Å²) in [5, 5.41) is 16.9. The van der Waals surface area contributed by atoms with Crippen LogP contribution in [0.3, 0.4) is 0 Å². The highest BCUT2D eigenvalue weighted by Gasteiger charge is 2.35. The third-order valence-electron chi connectivity index (χ3n) is 6.50. The minimum absolute atomic E-state index is 0.0369. The number of carbonyl (C=O) groups is 3. The highest BCUT2D eigenvalue weighted by molar-refractivity contribution is 6.46. The first-order chi connectivity index (χ1) is 18.1. The maximum absolute atomic E-state index is 13.5. The molecule has 204 valence electrons. The number of halogens is 1. The molecule has 2 aromatic rings. The largest absolute Gasteiger partial charge is 0.396 e. The van der Waals surface area contributed by atoms with E-state index in [1.165, 1.54) is 12.1 Å². The highest BCUT2D eigenvalue weighted by Crippen LogP contribution is 2.30. The molecule has 1 aliphatic rings. The van der Waals surface area contributed by atoms with E-state index in [0.29, 0.717) is 31.5 Å². The van der Waals surface area contributed by atoms with E-state index in [1.807, 2.05) is 45.0 Å². The molecule has 0 aromatic heterocycles. The van der Waals surface area contributed by atoms with Crippen LogP contribution >= 0.6 is 0 Å². The Hall–Kier alpha value is -3.59. The number of amides is 3. The first-order valence-electron chi connectivity index (χ1n) is 12.9. The quantitative estimate of drug-likeness (QED) is 0.357. The van der Waals surface area contributed by atoms with Crippen molar-refractivity contribution in [1.82, 2.24) is 16.0 Å². The maximum Gasteiger partial charge on any atom is 0.270 e. The predicted octanol–water partition coefficient (Wildman–Crippen LogP) is 2.49. The third-order valence-corrected chi connectivity index (χ3v) is 6.50. The molecule has 0 saturated heterocycles. The van der Waals surface area contributed by atoms with Crippen molar-refractivity contribution in [3.05, 3.63) is 71.0 Å². The fourth-order valence-electron chi connectivity index (χ4n) is 4.47. The van der Waals surface area contributed by atoms with E-state index in [1.54, 1.807) is 12.1 Å². The Morgan fingerprint density at radius 1 is 1.08 bits per heavy atom. The average Bonchev–Trinajstić information content (AvgIpc) is 3.06. The van der Waals surface area contributed by atoms with Crippen molar-refractivity contribution in [2.24, 2.45) is 10.4 Å². The molecule has 3 rings (SSSR count). The van der Waals surface area contributed by atoms with Crippen molar-refractivity contribution in [2.45, 2.75) is 52.0 Å². The Morgan fingerprint density at radius 3 is 2.47 bits per heavy atom. The number of rotatable bonds is 10. The molecule has 2 aromatic carbocycles. The molecule has 1 heterocycles. The van der Waals surface area contributed by atoms with Gasteiger partial charge in [0.2, 0.25) is 11.8 Å². The second-order valence-electron chi connectivity index (χ2n) is 10.6. The van der Waals surface area contributed by atoms with Crippen molar-refractivity contribution in [3.8, 4) is 0 Å². The molecule has 8 nitrogen and oxygen atoms in total. The van der Waals surface area contributed by atoms with Gasteiger partial charge in [-0.1, -0.05) is 57.2 Å². The first-order valence-corrected chi connectivity index (χ1v) is 12.9. The molecule has 2 atom stereocenters. The van der Waals surface area contributed by atoms with Gasteiger partial charge in [-0.15, -0.1) is 0 Å². The normalized spacial score (nSPS) is 15.9. The van der Waals surface area contributed by atoms with Gasteiger partial charge in [-0.25, -0.2) is 4.39 Å². The minimum Gasteiger partial charge on any atom is -0.396 e. The fraction of sp³-hybridized carbons (Fsp3) is 0.448. The zero-order valence-corrected chi connectivity index (χ0v) is 22.2. The number of nitrogens with zero attached hydrogens (tertiary/aromatic N) is 1. The van der Waals surface area contributed by atoms with E-state index >= 15 is 0 Å². The molecule has 0 saturated carbocycles. The van der Waals surface area contributed by atoms with E-state index in [4.69, 9.17) is 5.11 Å². The Labute approximate surface area is 223 Å². The molecule has 1 unspecified atom stereocenters. The molecule has 0 radical (unpaired) electrons. The van der Waals surface area contributed by atoms with Crippen molar-refractivity contribution in [2.75, 3.05) is 26.2 Å². The van der Waals surface area contributed by atoms with Crippen molar-refractivity contribution < 1.29 is 23.9 Å². The molecular weight excluding hydrogens is 487 g/mol. The van der Waals surface area contributed by atoms with Gasteiger partial charge in [0.1, 0.15) is 17.6 Å². The molecule has 0 bridgehead atoms. The number of hydrogen-bond acceptors (Lipinski definition) is 5. The molecule has 9 heteroatoms. The number of aliphatic imine (C=N–C) groups is 1. The zero-order chi connectivity index (χ0) is 27.7. The van der Waals surface area contributed by atoms with Gasteiger partial charge in [0.15, 0.2) is 0 Å². The maximum atomic E-state index is 13.5. The van der Waals surface area contributed by atoms with E-state index in [-0.39, 0.29) is 36.5 Å². The van der Waals surface area contributed by atoms with Gasteiger partial charge in [-0.05, 0) is 53.9 Å². The van der Waals surface area contributed by atoms with Crippen LogP contribution < -0.4 is 16.0 Å². The standard InChI is InChI=1S/C29H37FN4O4/c1-29(2,3)26(28(38)33-18-24(36)31-14-6-16-35)34-27(37)25-23-8-5-4-7-22(23)20(13-15-32-25)17-19-9-11-21(30)12-10-19/h4-5,7-12,20,26,35H,6,13-18H2,1-3H3,(H,31,36)(H,33,38)(H,34,37)/t20?,26-/m1/s1. The monoisotopic (exact) mass is 524 g/mol. The number of fused-ring (bicyclic) bond motifs is 1. The molecule has 0 fully saturated rings. The summed E-state index contributed by atoms with van der Waals surface area (Å²) < 4.78 is 13.4. The summed E-state index contributed by atoms with van der Waals surface area (Å²) in [6, 6.07) is 13.2. The van der Waals surface area contributed by atoms with E-state index in [9.17, 15) is 18.8 Å². The van der Waals surface area contributed by atoms with Crippen LogP contribution in [0.15, 0.2) is 53.5 Å². The van der Waals surface area contributed by atoms with Crippen molar-refractivity contribution in [1.29, 1.82) is 0 Å². The second kappa shape index (κ2) is 13.3. The predicted molar refractivity (Wildman–Crippen MR) is 144 cm³/mol. The van der Waals surface area contributed by atoms with Crippen LogP contribution in [-0.4, -0.2) is 60.8 Å². The molecule has 1 aliphatic heterocycles. The number of carbonyl (C=O) groups excluding carboxylic acids is 3. The lowest BCUT2D eigenvalue weighted by molar-refractivity contribution is -0.131. The van der Waals surface area contributed by atoms with Gasteiger partial charge < -0.3 is 21.1 Å². The third kappa shape index (κ3) is 7.95.